The summed E-state index contributed by atoms with van der Waals surface area (Å²) < 4.78 is 44.0. The number of ether oxygens (including phenoxy) is 1. The van der Waals surface area contributed by atoms with Crippen LogP contribution in [0.2, 0.25) is 0 Å². The van der Waals surface area contributed by atoms with Gasteiger partial charge in [0.2, 0.25) is 5.91 Å². The van der Waals surface area contributed by atoms with E-state index in [9.17, 15) is 18.0 Å². The number of amides is 1. The van der Waals surface area contributed by atoms with Crippen LogP contribution >= 0.6 is 0 Å². The number of carbonyl (C=O) groups excluding carboxylic acids is 1. The predicted molar refractivity (Wildman–Crippen MR) is 79.3 cm³/mol. The van der Waals surface area contributed by atoms with E-state index in [0.717, 1.165) is 12.4 Å². The second-order valence-corrected chi connectivity index (χ2v) is 6.52. The van der Waals surface area contributed by atoms with E-state index >= 15 is 0 Å². The quantitative estimate of drug-likeness (QED) is 0.833. The monoisotopic (exact) mass is 344 g/mol. The average Bonchev–Trinajstić information content (AvgIpc) is 2.94. The Morgan fingerprint density at radius 2 is 2.08 bits per heavy atom. The Kier molecular flexibility index (Phi) is 4.37. The third-order valence-electron chi connectivity index (χ3n) is 4.21. The molecular formula is C15H19F3N4O2. The summed E-state index contributed by atoms with van der Waals surface area (Å²) in [7, 11) is 0. The summed E-state index contributed by atoms with van der Waals surface area (Å²) in [6.07, 6.45) is -3.82. The number of nitrogens with zero attached hydrogens (tertiary/aromatic N) is 4. The van der Waals surface area contributed by atoms with Gasteiger partial charge in [0.25, 0.3) is 0 Å². The molecule has 9 heteroatoms. The molecule has 3 heterocycles. The van der Waals surface area contributed by atoms with Gasteiger partial charge in [0.15, 0.2) is 0 Å². The highest BCUT2D eigenvalue weighted by Crippen LogP contribution is 2.31. The van der Waals surface area contributed by atoms with Crippen molar-refractivity contribution in [3.63, 3.8) is 0 Å². The minimum atomic E-state index is -4.51. The van der Waals surface area contributed by atoms with Gasteiger partial charge in [0.05, 0.1) is 12.1 Å². The summed E-state index contributed by atoms with van der Waals surface area (Å²) in [5, 5.41) is 0. The second kappa shape index (κ2) is 6.19. The third kappa shape index (κ3) is 3.31. The van der Waals surface area contributed by atoms with E-state index < -0.39 is 11.9 Å². The Morgan fingerprint density at radius 3 is 2.75 bits per heavy atom. The molecule has 3 rings (SSSR count). The van der Waals surface area contributed by atoms with Gasteiger partial charge in [0, 0.05) is 25.7 Å². The lowest BCUT2D eigenvalue weighted by atomic mass is 10.1. The molecule has 2 aliphatic rings. The molecule has 1 aromatic heterocycles. The SMILES string of the molecule is CC(C)CN1C(=O)CO[C@@H]2CN(c3cc(C(F)(F)F)ncn3)C[C@H]21. The van der Waals surface area contributed by atoms with Crippen molar-refractivity contribution in [1.82, 2.24) is 14.9 Å². The first-order chi connectivity index (χ1) is 11.3. The summed E-state index contributed by atoms with van der Waals surface area (Å²) in [6.45, 7) is 5.46. The van der Waals surface area contributed by atoms with Gasteiger partial charge in [-0.15, -0.1) is 0 Å². The normalized spacial score (nSPS) is 24.7. The lowest BCUT2D eigenvalue weighted by molar-refractivity contribution is -0.153. The molecule has 132 valence electrons. The van der Waals surface area contributed by atoms with E-state index in [1.54, 1.807) is 9.80 Å². The summed E-state index contributed by atoms with van der Waals surface area (Å²) in [4.78, 5) is 22.8. The van der Waals surface area contributed by atoms with Gasteiger partial charge in [0.1, 0.15) is 24.4 Å². The Morgan fingerprint density at radius 1 is 1.33 bits per heavy atom. The zero-order valence-corrected chi connectivity index (χ0v) is 13.5. The van der Waals surface area contributed by atoms with Crippen LogP contribution in [0.15, 0.2) is 12.4 Å². The molecule has 0 radical (unpaired) electrons. The average molecular weight is 344 g/mol. The first-order valence-corrected chi connectivity index (χ1v) is 7.81. The smallest absolute Gasteiger partial charge is 0.364 e. The van der Waals surface area contributed by atoms with Crippen LogP contribution in [0.5, 0.6) is 0 Å². The van der Waals surface area contributed by atoms with Crippen LogP contribution in [0.3, 0.4) is 0 Å². The van der Waals surface area contributed by atoms with E-state index in [1.807, 2.05) is 13.8 Å². The standard InChI is InChI=1S/C15H19F3N4O2/c1-9(2)4-22-10-5-21(6-11(10)24-7-14(22)23)13-3-12(15(16,17)18)19-8-20-13/h3,8-11H,4-7H2,1-2H3/t10-,11-/m1/s1. The number of anilines is 1. The minimum absolute atomic E-state index is 0.0132. The lowest BCUT2D eigenvalue weighted by Crippen LogP contribution is -2.55. The van der Waals surface area contributed by atoms with Crippen LogP contribution in [0.1, 0.15) is 19.5 Å². The molecule has 1 amide bonds. The Hall–Kier alpha value is -1.90. The van der Waals surface area contributed by atoms with E-state index in [2.05, 4.69) is 9.97 Å². The van der Waals surface area contributed by atoms with Gasteiger partial charge in [-0.3, -0.25) is 4.79 Å². The number of alkyl halides is 3. The molecule has 0 N–H and O–H groups in total. The van der Waals surface area contributed by atoms with Crippen molar-refractivity contribution in [2.24, 2.45) is 5.92 Å². The first-order valence-electron chi connectivity index (χ1n) is 7.81. The van der Waals surface area contributed by atoms with E-state index in [1.165, 1.54) is 0 Å². The molecule has 0 bridgehead atoms. The van der Waals surface area contributed by atoms with Crippen LogP contribution in [0.4, 0.5) is 19.0 Å². The van der Waals surface area contributed by atoms with E-state index in [0.29, 0.717) is 25.6 Å². The van der Waals surface area contributed by atoms with Crippen molar-refractivity contribution >= 4 is 11.7 Å². The number of halogens is 3. The first kappa shape index (κ1) is 16.9. The molecule has 0 unspecified atom stereocenters. The number of morpholine rings is 1. The molecular weight excluding hydrogens is 325 g/mol. The molecule has 2 aliphatic heterocycles. The van der Waals surface area contributed by atoms with Crippen molar-refractivity contribution < 1.29 is 22.7 Å². The lowest BCUT2D eigenvalue weighted by Gasteiger charge is -2.37. The minimum Gasteiger partial charge on any atom is -0.364 e. The highest BCUT2D eigenvalue weighted by atomic mass is 19.4. The fourth-order valence-corrected chi connectivity index (χ4v) is 3.16. The summed E-state index contributed by atoms with van der Waals surface area (Å²) in [5.74, 6) is 0.426. The maximum Gasteiger partial charge on any atom is 0.433 e. The molecule has 2 fully saturated rings. The molecule has 0 aliphatic carbocycles. The van der Waals surface area contributed by atoms with Crippen LogP contribution < -0.4 is 4.90 Å². The van der Waals surface area contributed by atoms with Crippen LogP contribution in [0, 0.1) is 5.92 Å². The topological polar surface area (TPSA) is 58.6 Å². The van der Waals surface area contributed by atoms with Gasteiger partial charge in [-0.05, 0) is 5.92 Å². The number of carbonyl (C=O) groups is 1. The zero-order valence-electron chi connectivity index (χ0n) is 13.5. The molecule has 0 saturated carbocycles. The zero-order chi connectivity index (χ0) is 17.5. The van der Waals surface area contributed by atoms with Crippen LogP contribution in [-0.2, 0) is 15.7 Å². The molecule has 6 nitrogen and oxygen atoms in total. The molecule has 1 aromatic rings. The maximum absolute atomic E-state index is 12.8. The fraction of sp³-hybridized carbons (Fsp3) is 0.667. The summed E-state index contributed by atoms with van der Waals surface area (Å²) >= 11 is 0. The number of rotatable bonds is 3. The molecule has 0 aromatic carbocycles. The molecule has 2 saturated heterocycles. The Labute approximate surface area is 137 Å². The molecule has 0 spiro atoms. The summed E-state index contributed by atoms with van der Waals surface area (Å²) in [5.41, 5.74) is -0.974. The van der Waals surface area contributed by atoms with Crippen molar-refractivity contribution in [2.75, 3.05) is 31.1 Å². The Balaban J connectivity index is 1.80. The Bertz CT molecular complexity index is 623. The number of hydrogen-bond acceptors (Lipinski definition) is 5. The van der Waals surface area contributed by atoms with Gasteiger partial charge in [-0.25, -0.2) is 9.97 Å². The largest absolute Gasteiger partial charge is 0.433 e. The fourth-order valence-electron chi connectivity index (χ4n) is 3.16. The van der Waals surface area contributed by atoms with Crippen molar-refractivity contribution in [3.8, 4) is 0 Å². The van der Waals surface area contributed by atoms with Crippen molar-refractivity contribution in [3.05, 3.63) is 18.1 Å². The number of hydrogen-bond donors (Lipinski definition) is 0. The predicted octanol–water partition coefficient (Wildman–Crippen LogP) is 1.57. The second-order valence-electron chi connectivity index (χ2n) is 6.52. The van der Waals surface area contributed by atoms with Crippen molar-refractivity contribution in [2.45, 2.75) is 32.2 Å². The van der Waals surface area contributed by atoms with E-state index in [-0.39, 0.29) is 30.5 Å². The molecule has 24 heavy (non-hydrogen) atoms. The molecule has 2 atom stereocenters. The highest BCUT2D eigenvalue weighted by Gasteiger charge is 2.44. The van der Waals surface area contributed by atoms with Gasteiger partial charge in [-0.2, -0.15) is 13.2 Å². The van der Waals surface area contributed by atoms with Crippen LogP contribution in [0.25, 0.3) is 0 Å². The number of fused-ring (bicyclic) bond motifs is 1. The maximum atomic E-state index is 12.8. The van der Waals surface area contributed by atoms with Gasteiger partial charge < -0.3 is 14.5 Å². The van der Waals surface area contributed by atoms with Gasteiger partial charge in [-0.1, -0.05) is 13.8 Å². The van der Waals surface area contributed by atoms with Gasteiger partial charge >= 0.3 is 6.18 Å². The summed E-state index contributed by atoms with van der Waals surface area (Å²) in [6, 6.07) is 0.768. The highest BCUT2D eigenvalue weighted by molar-refractivity contribution is 5.79. The third-order valence-corrected chi connectivity index (χ3v) is 4.21. The number of aromatic nitrogens is 2. The van der Waals surface area contributed by atoms with E-state index in [4.69, 9.17) is 4.74 Å². The van der Waals surface area contributed by atoms with Crippen LogP contribution in [-0.4, -0.2) is 59.2 Å². The van der Waals surface area contributed by atoms with Crippen molar-refractivity contribution in [1.29, 1.82) is 0 Å².